The molecule has 0 radical (unpaired) electrons. The van der Waals surface area contributed by atoms with Gasteiger partial charge in [0.2, 0.25) is 5.91 Å². The van der Waals surface area contributed by atoms with Crippen molar-refractivity contribution in [1.82, 2.24) is 14.7 Å². The smallest absolute Gasteiger partial charge is 0.332 e. The molecule has 3 fully saturated rings. The van der Waals surface area contributed by atoms with E-state index in [1.807, 2.05) is 42.5 Å². The van der Waals surface area contributed by atoms with Gasteiger partial charge in [0, 0.05) is 41.7 Å². The summed E-state index contributed by atoms with van der Waals surface area (Å²) < 4.78 is -1.28. The van der Waals surface area contributed by atoms with Gasteiger partial charge in [0.05, 0.1) is 15.6 Å². The Morgan fingerprint density at radius 1 is 1.00 bits per heavy atom. The highest BCUT2D eigenvalue weighted by Gasteiger charge is 2.83. The molecule has 1 N–H and O–H groups in total. The molecule has 0 saturated carbocycles. The number of para-hydroxylation sites is 1. The van der Waals surface area contributed by atoms with Gasteiger partial charge < -0.3 is 10.2 Å². The molecule has 12 heteroatoms. The highest BCUT2D eigenvalue weighted by molar-refractivity contribution is 8.03. The zero-order valence-electron chi connectivity index (χ0n) is 23.3. The van der Waals surface area contributed by atoms with Crippen molar-refractivity contribution in [3.05, 3.63) is 93.5 Å². The van der Waals surface area contributed by atoms with Crippen LogP contribution >= 0.6 is 46.7 Å². The predicted octanol–water partition coefficient (Wildman–Crippen LogP) is 5.62. The van der Waals surface area contributed by atoms with Gasteiger partial charge >= 0.3 is 5.18 Å². The first-order valence-electron chi connectivity index (χ1n) is 14.1. The summed E-state index contributed by atoms with van der Waals surface area (Å²) in [6.07, 6.45) is 2.73. The second-order valence-electron chi connectivity index (χ2n) is 11.4. The van der Waals surface area contributed by atoms with E-state index < -0.39 is 15.5 Å². The maximum atomic E-state index is 15.3. The van der Waals surface area contributed by atoms with E-state index >= 15 is 4.79 Å². The number of nitrogens with one attached hydrogen (secondary N) is 1. The molecule has 3 spiro atoms. The van der Waals surface area contributed by atoms with Crippen molar-refractivity contribution in [1.29, 1.82) is 0 Å². The van der Waals surface area contributed by atoms with Gasteiger partial charge in [0.15, 0.2) is 11.4 Å². The number of thioether (sulfide) groups is 2. The minimum Gasteiger partial charge on any atom is -0.332 e. The van der Waals surface area contributed by atoms with E-state index in [-0.39, 0.29) is 17.7 Å². The molecule has 4 unspecified atom stereocenters. The number of hydrogen-bond donors (Lipinski definition) is 1. The normalized spacial score (nSPS) is 30.9. The fourth-order valence-corrected chi connectivity index (χ4v) is 10.8. The Morgan fingerprint density at radius 2 is 1.72 bits per heavy atom. The molecule has 4 atom stereocenters. The van der Waals surface area contributed by atoms with E-state index in [0.717, 1.165) is 21.7 Å². The number of nitrogens with zero attached hydrogens (tertiary/aromatic N) is 4. The van der Waals surface area contributed by atoms with Gasteiger partial charge in [-0.3, -0.25) is 24.3 Å². The first-order chi connectivity index (χ1) is 20.8. The fraction of sp³-hybridized carbons (Fsp3) is 0.323. The van der Waals surface area contributed by atoms with Gasteiger partial charge in [-0.15, -0.1) is 11.8 Å². The number of likely N-dealkylation sites (tertiary alicyclic amines) is 1. The number of benzene rings is 3. The zero-order chi connectivity index (χ0) is 29.7. The van der Waals surface area contributed by atoms with Gasteiger partial charge in [-0.05, 0) is 67.4 Å². The van der Waals surface area contributed by atoms with Crippen molar-refractivity contribution < 1.29 is 14.4 Å². The molecule has 5 aliphatic rings. The lowest BCUT2D eigenvalue weighted by Crippen LogP contribution is -2.63. The van der Waals surface area contributed by atoms with Crippen LogP contribution in [-0.2, 0) is 20.0 Å². The summed E-state index contributed by atoms with van der Waals surface area (Å²) in [5, 5.41) is 7.27. The van der Waals surface area contributed by atoms with E-state index in [1.165, 1.54) is 11.8 Å². The van der Waals surface area contributed by atoms with Crippen LogP contribution in [0.15, 0.2) is 76.8 Å². The SMILES string of the molecule is CSc1ccc(C2CN(C)C3(C(=O)Nc4ccccc43)C23SC24ON=C(c5c(Cl)cccc5Cl)N2CCCN4C3=O)cc1. The summed E-state index contributed by atoms with van der Waals surface area (Å²) in [5.41, 5.74) is 1.78. The summed E-state index contributed by atoms with van der Waals surface area (Å²) >= 11 is 16.4. The monoisotopic (exact) mass is 651 g/mol. The van der Waals surface area contributed by atoms with Crippen molar-refractivity contribution in [2.24, 2.45) is 5.16 Å². The number of amidine groups is 1. The first-order valence-corrected chi connectivity index (χ1v) is 16.9. The molecule has 8 nitrogen and oxygen atoms in total. The van der Waals surface area contributed by atoms with Crippen LogP contribution in [0.2, 0.25) is 10.0 Å². The third-order valence-electron chi connectivity index (χ3n) is 9.46. The molecule has 0 bridgehead atoms. The maximum absolute atomic E-state index is 15.3. The lowest BCUT2D eigenvalue weighted by atomic mass is 9.72. The molecule has 3 aromatic carbocycles. The Kier molecular flexibility index (Phi) is 6.14. The zero-order valence-corrected chi connectivity index (χ0v) is 26.5. The van der Waals surface area contributed by atoms with Crippen molar-refractivity contribution in [3.63, 3.8) is 0 Å². The number of carbonyl (C=O) groups is 2. The number of fused-ring (bicyclic) bond motifs is 3. The molecular formula is C31H27Cl2N5O3S2. The van der Waals surface area contributed by atoms with Crippen molar-refractivity contribution in [2.45, 2.75) is 32.7 Å². The summed E-state index contributed by atoms with van der Waals surface area (Å²) in [7, 11) is 1.95. The average molecular weight is 653 g/mol. The van der Waals surface area contributed by atoms with Crippen LogP contribution in [0.4, 0.5) is 5.69 Å². The maximum Gasteiger partial charge on any atom is 0.344 e. The van der Waals surface area contributed by atoms with E-state index in [1.54, 1.807) is 34.9 Å². The van der Waals surface area contributed by atoms with Gasteiger partial charge in [-0.25, -0.2) is 0 Å². The van der Waals surface area contributed by atoms with E-state index in [2.05, 4.69) is 39.6 Å². The Morgan fingerprint density at radius 3 is 2.47 bits per heavy atom. The van der Waals surface area contributed by atoms with Gasteiger partial charge in [-0.1, -0.05) is 64.8 Å². The first kappa shape index (κ1) is 27.6. The van der Waals surface area contributed by atoms with E-state index in [4.69, 9.17) is 28.0 Å². The number of likely N-dealkylation sites (N-methyl/N-ethyl adjacent to an activating group) is 1. The lowest BCUT2D eigenvalue weighted by molar-refractivity contribution is -0.172. The lowest BCUT2D eigenvalue weighted by Gasteiger charge is -2.43. The number of hydrogen-bond acceptors (Lipinski definition) is 8. The second kappa shape index (κ2) is 9.55. The Labute approximate surface area is 267 Å². The number of amides is 2. The second-order valence-corrected chi connectivity index (χ2v) is 14.4. The van der Waals surface area contributed by atoms with Crippen molar-refractivity contribution in [3.8, 4) is 0 Å². The molecule has 0 aliphatic carbocycles. The number of oxime groups is 1. The Hall–Kier alpha value is -2.89. The van der Waals surface area contributed by atoms with Gasteiger partial charge in [0.1, 0.15) is 4.75 Å². The highest BCUT2D eigenvalue weighted by atomic mass is 35.5. The summed E-state index contributed by atoms with van der Waals surface area (Å²) in [5.74, 6) is -0.202. The summed E-state index contributed by atoms with van der Waals surface area (Å²) in [6.45, 7) is 1.53. The van der Waals surface area contributed by atoms with Crippen LogP contribution in [0.5, 0.6) is 0 Å². The Balaban J connectivity index is 1.35. The number of carbonyl (C=O) groups excluding carboxylic acids is 2. The van der Waals surface area contributed by atoms with Gasteiger partial charge in [0.25, 0.3) is 5.91 Å². The predicted molar refractivity (Wildman–Crippen MR) is 171 cm³/mol. The topological polar surface area (TPSA) is 77.5 Å². The molecular weight excluding hydrogens is 625 g/mol. The van der Waals surface area contributed by atoms with Gasteiger partial charge in [-0.2, -0.15) is 0 Å². The van der Waals surface area contributed by atoms with Crippen molar-refractivity contribution >= 4 is 70.1 Å². The van der Waals surface area contributed by atoms with Crippen molar-refractivity contribution in [2.75, 3.05) is 38.3 Å². The molecule has 8 rings (SSSR count). The third-order valence-corrected chi connectivity index (χ3v) is 12.7. The number of halogens is 2. The van der Waals surface area contributed by atoms with Crippen LogP contribution in [0.1, 0.15) is 29.0 Å². The molecule has 43 heavy (non-hydrogen) atoms. The molecule has 2 amide bonds. The fourth-order valence-electron chi connectivity index (χ4n) is 7.70. The molecule has 5 aliphatic heterocycles. The summed E-state index contributed by atoms with van der Waals surface area (Å²) in [6, 6.07) is 21.3. The van der Waals surface area contributed by atoms with Crippen LogP contribution in [0.25, 0.3) is 0 Å². The average Bonchev–Trinajstić information content (AvgIpc) is 3.69. The summed E-state index contributed by atoms with van der Waals surface area (Å²) in [4.78, 5) is 43.2. The Bertz CT molecular complexity index is 1720. The van der Waals surface area contributed by atoms with Crippen LogP contribution < -0.4 is 5.32 Å². The number of rotatable bonds is 3. The van der Waals surface area contributed by atoms with E-state index in [0.29, 0.717) is 47.5 Å². The molecule has 220 valence electrons. The van der Waals surface area contributed by atoms with Crippen LogP contribution in [0, 0.1) is 0 Å². The van der Waals surface area contributed by atoms with E-state index in [9.17, 15) is 4.79 Å². The molecule has 0 aromatic heterocycles. The highest BCUT2D eigenvalue weighted by Crippen LogP contribution is 2.70. The minimum atomic E-state index is -1.30. The minimum absolute atomic E-state index is 0.140. The third kappa shape index (κ3) is 3.33. The number of anilines is 1. The van der Waals surface area contributed by atoms with Crippen LogP contribution in [-0.4, -0.2) is 75.2 Å². The quantitative estimate of drug-likeness (QED) is 0.369. The largest absolute Gasteiger partial charge is 0.344 e. The molecule has 3 aromatic rings. The molecule has 5 heterocycles. The molecule has 3 saturated heterocycles. The van der Waals surface area contributed by atoms with Crippen LogP contribution in [0.3, 0.4) is 0 Å². The standard InChI is InChI=1S/C31H27Cl2N5O3S2/c1-36-17-21(18-11-13-19(42-2)14-12-18)30(29(36)20-7-3-4-10-24(20)34-27(29)39)28(40)38-16-6-15-37-26(35-41-31(37,38)43-30)25-22(32)8-5-9-23(25)33/h3-5,7-14,21H,6,15-17H2,1-2H3,(H,34,39).